The molecule has 0 unspecified atom stereocenters. The molecule has 6 heteroatoms. The molecule has 1 saturated heterocycles. The normalized spacial score (nSPS) is 17.6. The third kappa shape index (κ3) is 7.52. The summed E-state index contributed by atoms with van der Waals surface area (Å²) in [6.07, 6.45) is 9.36. The molecule has 0 aliphatic carbocycles. The van der Waals surface area contributed by atoms with E-state index in [9.17, 15) is 8.78 Å². The first-order valence-electron chi connectivity index (χ1n) is 13.9. The number of allylic oxidation sites excluding steroid dienone is 2. The van der Waals surface area contributed by atoms with Crippen molar-refractivity contribution in [3.63, 3.8) is 0 Å². The molecule has 0 N–H and O–H groups in total. The number of ether oxygens (including phenoxy) is 3. The highest BCUT2D eigenvalue weighted by Gasteiger charge is 2.25. The summed E-state index contributed by atoms with van der Waals surface area (Å²) in [7, 11) is 0. The lowest BCUT2D eigenvalue weighted by molar-refractivity contribution is -0.207. The average molecular weight is 539 g/mol. The number of benzene rings is 3. The third-order valence-corrected chi connectivity index (χ3v) is 7.03. The van der Waals surface area contributed by atoms with E-state index in [2.05, 4.69) is 13.0 Å². The Bertz CT molecular complexity index is 1230. The maximum atomic E-state index is 15.0. The first-order chi connectivity index (χ1) is 19.0. The smallest absolute Gasteiger partial charge is 0.201 e. The summed E-state index contributed by atoms with van der Waals surface area (Å²) in [5.41, 5.74) is 2.46. The van der Waals surface area contributed by atoms with Gasteiger partial charge in [-0.1, -0.05) is 74.7 Å². The highest BCUT2D eigenvalue weighted by Crippen LogP contribution is 2.34. The number of rotatable bonds is 12. The van der Waals surface area contributed by atoms with Crippen LogP contribution in [0.15, 0.2) is 66.7 Å². The number of hydrogen-bond acceptors (Lipinski definition) is 3. The monoisotopic (exact) mass is 538 g/mol. The van der Waals surface area contributed by atoms with Crippen molar-refractivity contribution in [3.8, 4) is 28.0 Å². The molecule has 1 aliphatic heterocycles. The van der Waals surface area contributed by atoms with Gasteiger partial charge in [0.15, 0.2) is 17.9 Å². The minimum absolute atomic E-state index is 0.0740. The predicted molar refractivity (Wildman–Crippen MR) is 149 cm³/mol. The lowest BCUT2D eigenvalue weighted by atomic mass is 9.98. The Morgan fingerprint density at radius 2 is 1.56 bits per heavy atom. The number of hydrogen-bond donors (Lipinski definition) is 0. The van der Waals surface area contributed by atoms with Crippen molar-refractivity contribution in [2.45, 2.75) is 58.7 Å². The van der Waals surface area contributed by atoms with Gasteiger partial charge in [-0.15, -0.1) is 0 Å². The van der Waals surface area contributed by atoms with E-state index in [1.54, 1.807) is 30.3 Å². The van der Waals surface area contributed by atoms with Crippen molar-refractivity contribution < 1.29 is 27.4 Å². The molecule has 39 heavy (non-hydrogen) atoms. The first kappa shape index (κ1) is 28.9. The maximum absolute atomic E-state index is 15.0. The van der Waals surface area contributed by atoms with Crippen LogP contribution in [0.4, 0.5) is 13.2 Å². The van der Waals surface area contributed by atoms with Gasteiger partial charge in [-0.2, -0.15) is 4.39 Å². The molecular weight excluding hydrogens is 501 g/mol. The van der Waals surface area contributed by atoms with Crippen LogP contribution >= 0.6 is 0 Å². The van der Waals surface area contributed by atoms with Crippen molar-refractivity contribution in [2.24, 2.45) is 5.92 Å². The minimum Gasteiger partial charge on any atom is -0.490 e. The van der Waals surface area contributed by atoms with Gasteiger partial charge in [-0.3, -0.25) is 0 Å². The molecule has 3 aromatic rings. The van der Waals surface area contributed by atoms with Crippen molar-refractivity contribution in [2.75, 3.05) is 19.8 Å². The second kappa shape index (κ2) is 14.3. The molecule has 0 aromatic heterocycles. The van der Waals surface area contributed by atoms with Gasteiger partial charge in [0.05, 0.1) is 19.8 Å². The van der Waals surface area contributed by atoms with Crippen molar-refractivity contribution in [3.05, 3.63) is 89.8 Å². The molecule has 208 valence electrons. The Morgan fingerprint density at radius 3 is 2.26 bits per heavy atom. The molecule has 1 heterocycles. The lowest BCUT2D eigenvalue weighted by Gasteiger charge is -2.29. The molecule has 0 amide bonds. The molecule has 0 atom stereocenters. The lowest BCUT2D eigenvalue weighted by Crippen LogP contribution is -2.27. The van der Waals surface area contributed by atoms with E-state index in [4.69, 9.17) is 14.2 Å². The van der Waals surface area contributed by atoms with Crippen LogP contribution < -0.4 is 4.74 Å². The van der Waals surface area contributed by atoms with Crippen molar-refractivity contribution in [1.29, 1.82) is 0 Å². The SMILES string of the molecule is C/C=C/CCC1COC(c2ccc(-c3ccc(-c4ccc(OCCCCCC)c(F)c4F)cc3)cc2F)OC1. The van der Waals surface area contributed by atoms with Crippen molar-refractivity contribution in [1.82, 2.24) is 0 Å². The van der Waals surface area contributed by atoms with Gasteiger partial charge in [0.25, 0.3) is 0 Å². The van der Waals surface area contributed by atoms with Gasteiger partial charge >= 0.3 is 0 Å². The Morgan fingerprint density at radius 1 is 0.846 bits per heavy atom. The quantitative estimate of drug-likeness (QED) is 0.170. The van der Waals surface area contributed by atoms with E-state index in [1.165, 1.54) is 18.2 Å². The largest absolute Gasteiger partial charge is 0.490 e. The van der Waals surface area contributed by atoms with Gasteiger partial charge in [-0.25, -0.2) is 8.78 Å². The summed E-state index contributed by atoms with van der Waals surface area (Å²) in [6, 6.07) is 14.9. The molecule has 0 radical (unpaired) electrons. The predicted octanol–water partition coefficient (Wildman–Crippen LogP) is 9.41. The van der Waals surface area contributed by atoms with Crippen LogP contribution in [0.3, 0.4) is 0 Å². The summed E-state index contributed by atoms with van der Waals surface area (Å²) < 4.78 is 61.6. The molecule has 0 saturated carbocycles. The number of unbranched alkanes of at least 4 members (excludes halogenated alkanes) is 3. The third-order valence-electron chi connectivity index (χ3n) is 7.03. The van der Waals surface area contributed by atoms with E-state index in [-0.39, 0.29) is 11.3 Å². The second-order valence-corrected chi connectivity index (χ2v) is 9.97. The zero-order valence-corrected chi connectivity index (χ0v) is 22.7. The van der Waals surface area contributed by atoms with Crippen LogP contribution in [0.1, 0.15) is 64.2 Å². The Kier molecular flexibility index (Phi) is 10.6. The summed E-state index contributed by atoms with van der Waals surface area (Å²) >= 11 is 0. The molecule has 1 fully saturated rings. The zero-order chi connectivity index (χ0) is 27.6. The van der Waals surface area contributed by atoms with E-state index in [0.717, 1.165) is 44.1 Å². The molecule has 3 aromatic carbocycles. The molecule has 0 bridgehead atoms. The zero-order valence-electron chi connectivity index (χ0n) is 22.7. The highest BCUT2D eigenvalue weighted by atomic mass is 19.2. The Hall–Kier alpha value is -3.09. The molecule has 1 aliphatic rings. The fourth-order valence-electron chi connectivity index (χ4n) is 4.71. The minimum atomic E-state index is -0.985. The van der Waals surface area contributed by atoms with Gasteiger partial charge in [-0.05, 0) is 61.1 Å². The van der Waals surface area contributed by atoms with Gasteiger partial charge in [0.2, 0.25) is 5.82 Å². The van der Waals surface area contributed by atoms with Crippen LogP contribution in [0, 0.1) is 23.4 Å². The molecular formula is C33H37F3O3. The van der Waals surface area contributed by atoms with E-state index < -0.39 is 23.7 Å². The maximum Gasteiger partial charge on any atom is 0.201 e. The van der Waals surface area contributed by atoms with Crippen molar-refractivity contribution >= 4 is 0 Å². The summed E-state index contributed by atoms with van der Waals surface area (Å²) in [4.78, 5) is 0. The Labute approximate surface area is 229 Å². The van der Waals surface area contributed by atoms with Crippen LogP contribution in [0.25, 0.3) is 22.3 Å². The Balaban J connectivity index is 1.39. The van der Waals surface area contributed by atoms with E-state index in [1.807, 2.05) is 19.1 Å². The van der Waals surface area contributed by atoms with E-state index in [0.29, 0.717) is 42.4 Å². The van der Waals surface area contributed by atoms with Gasteiger partial charge < -0.3 is 14.2 Å². The second-order valence-electron chi connectivity index (χ2n) is 9.97. The molecule has 0 spiro atoms. The van der Waals surface area contributed by atoms with Crippen LogP contribution in [0.2, 0.25) is 0 Å². The van der Waals surface area contributed by atoms with Gasteiger partial charge in [0, 0.05) is 17.0 Å². The van der Waals surface area contributed by atoms with Gasteiger partial charge in [0.1, 0.15) is 5.82 Å². The fraction of sp³-hybridized carbons (Fsp3) is 0.394. The molecule has 3 nitrogen and oxygen atoms in total. The standard InChI is InChI=1S/C33H37F3O3/c1-3-5-7-9-19-37-30-18-17-27(31(35)32(30)36)25-13-11-24(12-14-25)26-15-16-28(29(34)20-26)33-38-21-23(22-39-33)10-8-6-4-2/h4,6,11-18,20,23,33H,3,5,7-10,19,21-22H2,1-2H3/b6-4+. The summed E-state index contributed by atoms with van der Waals surface area (Å²) in [5, 5.41) is 0. The average Bonchev–Trinajstić information content (AvgIpc) is 2.96. The molecule has 4 rings (SSSR count). The van der Waals surface area contributed by atoms with Crippen LogP contribution in [-0.4, -0.2) is 19.8 Å². The van der Waals surface area contributed by atoms with E-state index >= 15 is 4.39 Å². The highest BCUT2D eigenvalue weighted by molar-refractivity contribution is 5.71. The van der Waals surface area contributed by atoms with Crippen LogP contribution in [0.5, 0.6) is 5.75 Å². The number of halogens is 3. The summed E-state index contributed by atoms with van der Waals surface area (Å²) in [6.45, 7) is 5.54. The summed E-state index contributed by atoms with van der Waals surface area (Å²) in [5.74, 6) is -2.11. The first-order valence-corrected chi connectivity index (χ1v) is 13.9. The van der Waals surface area contributed by atoms with Crippen LogP contribution in [-0.2, 0) is 9.47 Å². The topological polar surface area (TPSA) is 27.7 Å². The fourth-order valence-corrected chi connectivity index (χ4v) is 4.71.